The van der Waals surface area contributed by atoms with E-state index in [1.807, 2.05) is 0 Å². The minimum atomic E-state index is -2.91. The third-order valence-electron chi connectivity index (χ3n) is 2.02. The first-order chi connectivity index (χ1) is 7.62. The average Bonchev–Trinajstić information content (AvgIpc) is 2.27. The molecule has 0 bridgehead atoms. The maximum atomic E-state index is 12.2. The second-order valence-electron chi connectivity index (χ2n) is 2.89. The Labute approximate surface area is 91.9 Å². The molecule has 1 aromatic carbocycles. The van der Waals surface area contributed by atoms with Crippen molar-refractivity contribution in [2.24, 2.45) is 5.73 Å². The summed E-state index contributed by atoms with van der Waals surface area (Å²) in [7, 11) is 2.84. The van der Waals surface area contributed by atoms with Crippen LogP contribution in [-0.2, 0) is 6.54 Å². The Balaban J connectivity index is 3.19. The van der Waals surface area contributed by atoms with Crippen molar-refractivity contribution < 1.29 is 23.0 Å². The van der Waals surface area contributed by atoms with Crippen molar-refractivity contribution in [3.05, 3.63) is 17.7 Å². The second-order valence-corrected chi connectivity index (χ2v) is 2.89. The van der Waals surface area contributed by atoms with E-state index >= 15 is 0 Å². The molecule has 6 heteroatoms. The summed E-state index contributed by atoms with van der Waals surface area (Å²) in [6.45, 7) is -2.88. The lowest BCUT2D eigenvalue weighted by atomic mass is 10.1. The summed E-state index contributed by atoms with van der Waals surface area (Å²) in [5.74, 6) is 0.691. The minimum absolute atomic E-state index is 0.0336. The van der Waals surface area contributed by atoms with E-state index in [9.17, 15) is 8.78 Å². The van der Waals surface area contributed by atoms with Crippen LogP contribution in [0.2, 0.25) is 0 Å². The molecular formula is C10H13F2NO3. The highest BCUT2D eigenvalue weighted by atomic mass is 19.3. The molecule has 0 atom stereocenters. The molecule has 4 nitrogen and oxygen atoms in total. The van der Waals surface area contributed by atoms with E-state index in [0.717, 1.165) is 0 Å². The number of rotatable bonds is 5. The predicted octanol–water partition coefficient (Wildman–Crippen LogP) is 1.76. The van der Waals surface area contributed by atoms with Gasteiger partial charge in [-0.3, -0.25) is 0 Å². The molecule has 0 spiro atoms. The highest BCUT2D eigenvalue weighted by molar-refractivity contribution is 5.50. The number of alkyl halides is 2. The van der Waals surface area contributed by atoms with Crippen molar-refractivity contribution in [1.82, 2.24) is 0 Å². The van der Waals surface area contributed by atoms with E-state index in [-0.39, 0.29) is 12.3 Å². The Hall–Kier alpha value is -1.56. The Bertz CT molecular complexity index is 358. The first kappa shape index (κ1) is 12.5. The van der Waals surface area contributed by atoms with Crippen LogP contribution in [0.5, 0.6) is 17.2 Å². The van der Waals surface area contributed by atoms with E-state index in [0.29, 0.717) is 17.1 Å². The van der Waals surface area contributed by atoms with Crippen LogP contribution in [0.3, 0.4) is 0 Å². The van der Waals surface area contributed by atoms with Crippen LogP contribution >= 0.6 is 0 Å². The Morgan fingerprint density at radius 1 is 1.19 bits per heavy atom. The standard InChI is InChI=1S/C10H13F2NO3/c1-14-6-3-8(15-2)7(5-13)9(4-6)16-10(11)12/h3-4,10H,5,13H2,1-2H3. The van der Waals surface area contributed by atoms with Gasteiger partial charge in [0.15, 0.2) is 0 Å². The molecular weight excluding hydrogens is 220 g/mol. The van der Waals surface area contributed by atoms with Crippen molar-refractivity contribution >= 4 is 0 Å². The van der Waals surface area contributed by atoms with E-state index in [2.05, 4.69) is 4.74 Å². The fourth-order valence-corrected chi connectivity index (χ4v) is 1.30. The third kappa shape index (κ3) is 2.73. The zero-order valence-electron chi connectivity index (χ0n) is 9.00. The second kappa shape index (κ2) is 5.50. The van der Waals surface area contributed by atoms with Gasteiger partial charge < -0.3 is 19.9 Å². The molecule has 1 aromatic rings. The van der Waals surface area contributed by atoms with Crippen LogP contribution in [0.25, 0.3) is 0 Å². The topological polar surface area (TPSA) is 53.7 Å². The highest BCUT2D eigenvalue weighted by Gasteiger charge is 2.15. The average molecular weight is 233 g/mol. The van der Waals surface area contributed by atoms with Crippen LogP contribution < -0.4 is 19.9 Å². The fraction of sp³-hybridized carbons (Fsp3) is 0.400. The molecule has 90 valence electrons. The molecule has 0 radical (unpaired) electrons. The smallest absolute Gasteiger partial charge is 0.387 e. The number of hydrogen-bond donors (Lipinski definition) is 1. The molecule has 16 heavy (non-hydrogen) atoms. The molecule has 0 unspecified atom stereocenters. The molecule has 0 aliphatic heterocycles. The van der Waals surface area contributed by atoms with Gasteiger partial charge in [0.1, 0.15) is 17.2 Å². The number of nitrogens with two attached hydrogens (primary N) is 1. The summed E-state index contributed by atoms with van der Waals surface area (Å²) < 4.78 is 38.6. The Morgan fingerprint density at radius 2 is 1.81 bits per heavy atom. The van der Waals surface area contributed by atoms with Crippen LogP contribution in [0, 0.1) is 0 Å². The largest absolute Gasteiger partial charge is 0.496 e. The van der Waals surface area contributed by atoms with E-state index in [1.165, 1.54) is 20.3 Å². The molecule has 0 heterocycles. The number of benzene rings is 1. The summed E-state index contributed by atoms with van der Waals surface area (Å²) in [5.41, 5.74) is 5.83. The lowest BCUT2D eigenvalue weighted by Gasteiger charge is -2.14. The number of halogens is 2. The molecule has 0 amide bonds. The maximum Gasteiger partial charge on any atom is 0.387 e. The number of ether oxygens (including phenoxy) is 3. The summed E-state index contributed by atoms with van der Waals surface area (Å²) in [6.07, 6.45) is 0. The zero-order valence-corrected chi connectivity index (χ0v) is 9.00. The Kier molecular flexibility index (Phi) is 4.30. The molecule has 0 fully saturated rings. The van der Waals surface area contributed by atoms with Gasteiger partial charge in [0.2, 0.25) is 0 Å². The fourth-order valence-electron chi connectivity index (χ4n) is 1.30. The van der Waals surface area contributed by atoms with Gasteiger partial charge in [0.05, 0.1) is 19.8 Å². The van der Waals surface area contributed by atoms with Crippen LogP contribution in [-0.4, -0.2) is 20.8 Å². The highest BCUT2D eigenvalue weighted by Crippen LogP contribution is 2.34. The van der Waals surface area contributed by atoms with Gasteiger partial charge >= 0.3 is 6.61 Å². The molecule has 0 aliphatic rings. The summed E-state index contributed by atoms with van der Waals surface area (Å²) in [4.78, 5) is 0. The quantitative estimate of drug-likeness (QED) is 0.842. The van der Waals surface area contributed by atoms with Crippen molar-refractivity contribution in [3.63, 3.8) is 0 Å². The third-order valence-corrected chi connectivity index (χ3v) is 2.02. The number of hydrogen-bond acceptors (Lipinski definition) is 4. The molecule has 0 saturated heterocycles. The first-order valence-corrected chi connectivity index (χ1v) is 4.52. The summed E-state index contributed by atoms with van der Waals surface area (Å²) in [5, 5.41) is 0. The number of methoxy groups -OCH3 is 2. The molecule has 2 N–H and O–H groups in total. The van der Waals surface area contributed by atoms with Gasteiger partial charge in [0.25, 0.3) is 0 Å². The minimum Gasteiger partial charge on any atom is -0.496 e. The van der Waals surface area contributed by atoms with Crippen LogP contribution in [0.1, 0.15) is 5.56 Å². The normalized spacial score (nSPS) is 10.4. The van der Waals surface area contributed by atoms with Crippen molar-refractivity contribution in [2.45, 2.75) is 13.2 Å². The van der Waals surface area contributed by atoms with E-state index < -0.39 is 6.61 Å². The zero-order chi connectivity index (χ0) is 12.1. The van der Waals surface area contributed by atoms with Gasteiger partial charge in [-0.2, -0.15) is 8.78 Å². The van der Waals surface area contributed by atoms with Gasteiger partial charge in [0, 0.05) is 18.7 Å². The van der Waals surface area contributed by atoms with Gasteiger partial charge in [-0.05, 0) is 0 Å². The van der Waals surface area contributed by atoms with E-state index in [1.54, 1.807) is 6.07 Å². The monoisotopic (exact) mass is 233 g/mol. The molecule has 0 aromatic heterocycles. The van der Waals surface area contributed by atoms with Crippen molar-refractivity contribution in [3.8, 4) is 17.2 Å². The van der Waals surface area contributed by atoms with Crippen molar-refractivity contribution in [2.75, 3.05) is 14.2 Å². The first-order valence-electron chi connectivity index (χ1n) is 4.52. The summed E-state index contributed by atoms with van der Waals surface area (Å²) >= 11 is 0. The van der Waals surface area contributed by atoms with Crippen LogP contribution in [0.15, 0.2) is 12.1 Å². The van der Waals surface area contributed by atoms with Gasteiger partial charge in [-0.15, -0.1) is 0 Å². The summed E-state index contributed by atoms with van der Waals surface area (Å²) in [6, 6.07) is 2.90. The van der Waals surface area contributed by atoms with E-state index in [4.69, 9.17) is 15.2 Å². The van der Waals surface area contributed by atoms with Gasteiger partial charge in [-0.25, -0.2) is 0 Å². The van der Waals surface area contributed by atoms with Gasteiger partial charge in [-0.1, -0.05) is 0 Å². The van der Waals surface area contributed by atoms with Crippen LogP contribution in [0.4, 0.5) is 8.78 Å². The SMILES string of the molecule is COc1cc(OC)c(CN)c(OC(F)F)c1. The molecule has 1 rings (SSSR count). The lowest BCUT2D eigenvalue weighted by Crippen LogP contribution is -2.08. The van der Waals surface area contributed by atoms with Crippen molar-refractivity contribution in [1.29, 1.82) is 0 Å². The predicted molar refractivity (Wildman–Crippen MR) is 54.1 cm³/mol. The Morgan fingerprint density at radius 3 is 2.25 bits per heavy atom. The molecule has 0 saturated carbocycles. The molecule has 0 aliphatic carbocycles. The lowest BCUT2D eigenvalue weighted by molar-refractivity contribution is -0.0506. The maximum absolute atomic E-state index is 12.2.